The third-order valence-electron chi connectivity index (χ3n) is 3.29. The molecular formula is C10H19NO. The summed E-state index contributed by atoms with van der Waals surface area (Å²) in [4.78, 5) is 0. The third-order valence-corrected chi connectivity index (χ3v) is 3.29. The lowest BCUT2D eigenvalue weighted by atomic mass is 9.97. The minimum Gasteiger partial charge on any atom is -0.393 e. The second-order valence-electron chi connectivity index (χ2n) is 4.36. The van der Waals surface area contributed by atoms with Crippen molar-refractivity contribution in [2.24, 2.45) is 5.92 Å². The number of aliphatic hydroxyl groups is 1. The summed E-state index contributed by atoms with van der Waals surface area (Å²) in [6.45, 7) is 1.21. The van der Waals surface area contributed by atoms with E-state index < -0.39 is 0 Å². The van der Waals surface area contributed by atoms with Crippen LogP contribution in [0, 0.1) is 5.92 Å². The molecule has 2 nitrogen and oxygen atoms in total. The van der Waals surface area contributed by atoms with Gasteiger partial charge in [0.2, 0.25) is 0 Å². The van der Waals surface area contributed by atoms with E-state index in [0.29, 0.717) is 0 Å². The highest BCUT2D eigenvalue weighted by molar-refractivity contribution is 4.82. The first-order chi connectivity index (χ1) is 5.84. The minimum absolute atomic E-state index is 0.0106. The standard InChI is InChI=1S/C10H19NO/c12-10-4-3-8(7-10)6-9-2-1-5-11-9/h8-12H,1-7H2/t8?,9-,10?/m1/s1. The van der Waals surface area contributed by atoms with Crippen molar-refractivity contribution < 1.29 is 5.11 Å². The molecule has 0 radical (unpaired) electrons. The maximum absolute atomic E-state index is 9.35. The van der Waals surface area contributed by atoms with Gasteiger partial charge in [0.05, 0.1) is 6.10 Å². The van der Waals surface area contributed by atoms with E-state index in [4.69, 9.17) is 0 Å². The Balaban J connectivity index is 1.72. The largest absolute Gasteiger partial charge is 0.393 e. The van der Waals surface area contributed by atoms with E-state index in [1.165, 1.54) is 32.2 Å². The van der Waals surface area contributed by atoms with E-state index in [2.05, 4.69) is 5.32 Å². The molecule has 1 aliphatic heterocycles. The van der Waals surface area contributed by atoms with E-state index in [1.807, 2.05) is 0 Å². The zero-order valence-electron chi connectivity index (χ0n) is 7.63. The monoisotopic (exact) mass is 169 g/mol. The second-order valence-corrected chi connectivity index (χ2v) is 4.36. The van der Waals surface area contributed by atoms with Crippen LogP contribution in [0.25, 0.3) is 0 Å². The predicted octanol–water partition coefficient (Wildman–Crippen LogP) is 1.29. The number of nitrogens with one attached hydrogen (secondary N) is 1. The van der Waals surface area contributed by atoms with Gasteiger partial charge in [-0.05, 0) is 51.0 Å². The average Bonchev–Trinajstić information content (AvgIpc) is 2.63. The molecule has 1 saturated carbocycles. The van der Waals surface area contributed by atoms with Crippen LogP contribution in [0.4, 0.5) is 0 Å². The Kier molecular flexibility index (Phi) is 2.66. The van der Waals surface area contributed by atoms with Crippen LogP contribution in [0.15, 0.2) is 0 Å². The first-order valence-corrected chi connectivity index (χ1v) is 5.26. The van der Waals surface area contributed by atoms with Gasteiger partial charge >= 0.3 is 0 Å². The Morgan fingerprint density at radius 3 is 2.75 bits per heavy atom. The lowest BCUT2D eigenvalue weighted by Gasteiger charge is -2.15. The Hall–Kier alpha value is -0.0800. The minimum atomic E-state index is 0.0106. The van der Waals surface area contributed by atoms with Gasteiger partial charge in [0.1, 0.15) is 0 Å². The fourth-order valence-corrected chi connectivity index (χ4v) is 2.62. The van der Waals surface area contributed by atoms with E-state index in [-0.39, 0.29) is 6.10 Å². The van der Waals surface area contributed by atoms with Crippen molar-refractivity contribution in [2.45, 2.75) is 50.7 Å². The highest BCUT2D eigenvalue weighted by Gasteiger charge is 2.26. The molecule has 2 heteroatoms. The predicted molar refractivity (Wildman–Crippen MR) is 49.0 cm³/mol. The van der Waals surface area contributed by atoms with E-state index in [0.717, 1.165) is 24.8 Å². The molecule has 0 aromatic heterocycles. The van der Waals surface area contributed by atoms with Gasteiger partial charge in [0, 0.05) is 6.04 Å². The SMILES string of the molecule is OC1CCC(C[C@H]2CCCN2)C1. The number of aliphatic hydroxyl groups excluding tert-OH is 1. The summed E-state index contributed by atoms with van der Waals surface area (Å²) in [6, 6.07) is 0.764. The van der Waals surface area contributed by atoms with Gasteiger partial charge in [-0.1, -0.05) is 0 Å². The van der Waals surface area contributed by atoms with Crippen LogP contribution in [0.2, 0.25) is 0 Å². The number of hydrogen-bond donors (Lipinski definition) is 2. The topological polar surface area (TPSA) is 32.3 Å². The Morgan fingerprint density at radius 1 is 1.25 bits per heavy atom. The van der Waals surface area contributed by atoms with Crippen molar-refractivity contribution in [3.05, 3.63) is 0 Å². The summed E-state index contributed by atoms with van der Waals surface area (Å²) in [5.41, 5.74) is 0. The summed E-state index contributed by atoms with van der Waals surface area (Å²) >= 11 is 0. The van der Waals surface area contributed by atoms with Crippen molar-refractivity contribution in [1.29, 1.82) is 0 Å². The Labute approximate surface area is 74.4 Å². The van der Waals surface area contributed by atoms with Crippen molar-refractivity contribution in [3.8, 4) is 0 Å². The summed E-state index contributed by atoms with van der Waals surface area (Å²) in [7, 11) is 0. The van der Waals surface area contributed by atoms with Crippen LogP contribution in [0.3, 0.4) is 0 Å². The van der Waals surface area contributed by atoms with Crippen LogP contribution in [-0.4, -0.2) is 23.8 Å². The molecule has 2 fully saturated rings. The lowest BCUT2D eigenvalue weighted by molar-refractivity contribution is 0.176. The van der Waals surface area contributed by atoms with Gasteiger partial charge < -0.3 is 10.4 Å². The lowest BCUT2D eigenvalue weighted by Crippen LogP contribution is -2.23. The molecule has 2 aliphatic rings. The first-order valence-electron chi connectivity index (χ1n) is 5.26. The number of rotatable bonds is 2. The summed E-state index contributed by atoms with van der Waals surface area (Å²) in [5, 5.41) is 12.9. The third kappa shape index (κ3) is 1.99. The quantitative estimate of drug-likeness (QED) is 0.653. The molecule has 1 saturated heterocycles. The Morgan fingerprint density at radius 2 is 2.17 bits per heavy atom. The Bertz CT molecular complexity index is 143. The summed E-state index contributed by atoms with van der Waals surface area (Å²) in [5.74, 6) is 0.801. The molecule has 2 N–H and O–H groups in total. The van der Waals surface area contributed by atoms with Gasteiger partial charge in [0.25, 0.3) is 0 Å². The molecule has 0 aromatic carbocycles. The molecule has 0 bridgehead atoms. The fraction of sp³-hybridized carbons (Fsp3) is 1.00. The molecule has 1 aliphatic carbocycles. The van der Waals surface area contributed by atoms with Gasteiger partial charge in [-0.3, -0.25) is 0 Å². The average molecular weight is 169 g/mol. The van der Waals surface area contributed by atoms with Crippen LogP contribution in [-0.2, 0) is 0 Å². The molecule has 0 spiro atoms. The molecule has 3 atom stereocenters. The maximum atomic E-state index is 9.35. The van der Waals surface area contributed by atoms with E-state index >= 15 is 0 Å². The second kappa shape index (κ2) is 3.75. The molecule has 12 heavy (non-hydrogen) atoms. The summed E-state index contributed by atoms with van der Waals surface area (Å²) in [6.07, 6.45) is 7.36. The van der Waals surface area contributed by atoms with Crippen LogP contribution < -0.4 is 5.32 Å². The van der Waals surface area contributed by atoms with Crippen LogP contribution in [0.1, 0.15) is 38.5 Å². The maximum Gasteiger partial charge on any atom is 0.0543 e. The van der Waals surface area contributed by atoms with Gasteiger partial charge in [-0.15, -0.1) is 0 Å². The summed E-state index contributed by atoms with van der Waals surface area (Å²) < 4.78 is 0. The molecule has 1 heterocycles. The highest BCUT2D eigenvalue weighted by atomic mass is 16.3. The zero-order valence-corrected chi connectivity index (χ0v) is 7.63. The van der Waals surface area contributed by atoms with E-state index in [1.54, 1.807) is 0 Å². The molecule has 0 aromatic rings. The molecule has 0 amide bonds. The zero-order chi connectivity index (χ0) is 8.39. The van der Waals surface area contributed by atoms with Gasteiger partial charge in [-0.2, -0.15) is 0 Å². The van der Waals surface area contributed by atoms with Crippen molar-refractivity contribution in [1.82, 2.24) is 5.32 Å². The van der Waals surface area contributed by atoms with E-state index in [9.17, 15) is 5.11 Å². The van der Waals surface area contributed by atoms with Gasteiger partial charge in [0.15, 0.2) is 0 Å². The van der Waals surface area contributed by atoms with Crippen molar-refractivity contribution >= 4 is 0 Å². The number of hydrogen-bond acceptors (Lipinski definition) is 2. The molecule has 70 valence electrons. The molecule has 2 unspecified atom stereocenters. The van der Waals surface area contributed by atoms with Crippen molar-refractivity contribution in [2.75, 3.05) is 6.54 Å². The first kappa shape index (κ1) is 8.52. The molecular weight excluding hydrogens is 150 g/mol. The smallest absolute Gasteiger partial charge is 0.0543 e. The molecule has 2 rings (SSSR count). The van der Waals surface area contributed by atoms with Gasteiger partial charge in [-0.25, -0.2) is 0 Å². The normalized spacial score (nSPS) is 42.2. The highest BCUT2D eigenvalue weighted by Crippen LogP contribution is 2.30. The van der Waals surface area contributed by atoms with Crippen molar-refractivity contribution in [3.63, 3.8) is 0 Å². The van der Waals surface area contributed by atoms with Crippen LogP contribution in [0.5, 0.6) is 0 Å². The van der Waals surface area contributed by atoms with Crippen LogP contribution >= 0.6 is 0 Å². The fourth-order valence-electron chi connectivity index (χ4n) is 2.62.